The molecule has 1 heterocycles. The van der Waals surface area contributed by atoms with E-state index in [1.807, 2.05) is 6.08 Å². The minimum atomic E-state index is -0.172. The second-order valence-corrected chi connectivity index (χ2v) is 11.4. The molecule has 192 valence electrons. The fraction of sp³-hybridized carbons (Fsp3) is 0.742. The fourth-order valence-electron chi connectivity index (χ4n) is 6.71. The Morgan fingerprint density at radius 2 is 1.85 bits per heavy atom. The van der Waals surface area contributed by atoms with Gasteiger partial charge in [0.25, 0.3) is 0 Å². The second-order valence-electron chi connectivity index (χ2n) is 11.4. The highest BCUT2D eigenvalue weighted by atomic mass is 15.4. The first-order valence-electron chi connectivity index (χ1n) is 14.4. The van der Waals surface area contributed by atoms with E-state index in [0.717, 1.165) is 18.9 Å². The van der Waals surface area contributed by atoms with Crippen molar-refractivity contribution in [2.24, 2.45) is 11.7 Å². The average molecular weight is 468 g/mol. The van der Waals surface area contributed by atoms with Crippen molar-refractivity contribution >= 4 is 6.08 Å². The molecule has 2 aliphatic rings. The second kappa shape index (κ2) is 13.2. The van der Waals surface area contributed by atoms with E-state index in [2.05, 4.69) is 62.4 Å². The van der Waals surface area contributed by atoms with Gasteiger partial charge >= 0.3 is 0 Å². The van der Waals surface area contributed by atoms with Gasteiger partial charge in [0, 0.05) is 25.2 Å². The van der Waals surface area contributed by atoms with E-state index in [-0.39, 0.29) is 5.66 Å². The predicted molar refractivity (Wildman–Crippen MR) is 149 cm³/mol. The van der Waals surface area contributed by atoms with Crippen LogP contribution in [0, 0.1) is 12.8 Å². The van der Waals surface area contributed by atoms with Gasteiger partial charge in [0.05, 0.1) is 5.66 Å². The minimum Gasteiger partial charge on any atom is -0.312 e. The standard InChI is InChI=1S/C31H53N3/c1-6-9-14-26(7-2)15-10-13-18-30(31(32)21-22-34(31)29-16-11-12-17-29)33(5)24-28-23-25(4)19-20-27(28)8-3/h8,19-20,23,26,29-30H,3,6-7,9-18,21-22,24,32H2,1-2,4-5H3. The first kappa shape index (κ1) is 27.4. The Balaban J connectivity index is 1.70. The molecule has 34 heavy (non-hydrogen) atoms. The summed E-state index contributed by atoms with van der Waals surface area (Å²) in [5, 5.41) is 0. The lowest BCUT2D eigenvalue weighted by atomic mass is 9.81. The molecule has 1 aromatic carbocycles. The monoisotopic (exact) mass is 467 g/mol. The molecule has 2 N–H and O–H groups in total. The number of nitrogens with zero attached hydrogens (tertiary/aromatic N) is 2. The molecule has 1 aromatic rings. The summed E-state index contributed by atoms with van der Waals surface area (Å²) < 4.78 is 0. The highest BCUT2D eigenvalue weighted by Crippen LogP contribution is 2.40. The average Bonchev–Trinajstić information content (AvgIpc) is 3.33. The van der Waals surface area contributed by atoms with Crippen molar-refractivity contribution in [3.05, 3.63) is 41.5 Å². The molecule has 0 bridgehead atoms. The van der Waals surface area contributed by atoms with Crippen molar-refractivity contribution in [3.63, 3.8) is 0 Å². The Kier molecular flexibility index (Phi) is 10.7. The van der Waals surface area contributed by atoms with Crippen LogP contribution in [-0.4, -0.2) is 41.1 Å². The van der Waals surface area contributed by atoms with E-state index in [1.165, 1.54) is 100 Å². The van der Waals surface area contributed by atoms with Crippen LogP contribution >= 0.6 is 0 Å². The molecule has 0 spiro atoms. The van der Waals surface area contributed by atoms with E-state index in [0.29, 0.717) is 12.1 Å². The first-order valence-corrected chi connectivity index (χ1v) is 14.4. The lowest BCUT2D eigenvalue weighted by Gasteiger charge is -2.59. The highest BCUT2D eigenvalue weighted by molar-refractivity contribution is 5.52. The van der Waals surface area contributed by atoms with Gasteiger partial charge in [-0.25, -0.2) is 0 Å². The molecule has 1 saturated heterocycles. The van der Waals surface area contributed by atoms with E-state index in [9.17, 15) is 0 Å². The molecule has 3 rings (SSSR count). The van der Waals surface area contributed by atoms with Crippen molar-refractivity contribution in [2.45, 2.75) is 129 Å². The minimum absolute atomic E-state index is 0.172. The van der Waals surface area contributed by atoms with Gasteiger partial charge in [-0.3, -0.25) is 9.80 Å². The van der Waals surface area contributed by atoms with Gasteiger partial charge in [0.15, 0.2) is 0 Å². The van der Waals surface area contributed by atoms with Crippen LogP contribution in [-0.2, 0) is 6.54 Å². The Morgan fingerprint density at radius 1 is 1.15 bits per heavy atom. The number of likely N-dealkylation sites (N-methyl/N-ethyl adjacent to an activating group) is 1. The molecule has 0 radical (unpaired) electrons. The number of unbranched alkanes of at least 4 members (excludes halogenated alkanes) is 2. The SMILES string of the molecule is C=Cc1ccc(C)cc1CN(C)C(CCCCC(CC)CCCC)C1(N)CCN1C1CCCC1. The molecule has 0 aromatic heterocycles. The van der Waals surface area contributed by atoms with Crippen molar-refractivity contribution in [1.29, 1.82) is 0 Å². The lowest BCUT2D eigenvalue weighted by molar-refractivity contribution is -0.100. The summed E-state index contributed by atoms with van der Waals surface area (Å²) in [6, 6.07) is 7.85. The number of rotatable bonds is 15. The molecule has 3 atom stereocenters. The quantitative estimate of drug-likeness (QED) is 0.271. The maximum Gasteiger partial charge on any atom is 0.0861 e. The van der Waals surface area contributed by atoms with Crippen LogP contribution in [0.1, 0.15) is 114 Å². The predicted octanol–water partition coefficient (Wildman–Crippen LogP) is 7.52. The molecule has 3 heteroatoms. The molecular formula is C31H53N3. The van der Waals surface area contributed by atoms with Crippen molar-refractivity contribution in [2.75, 3.05) is 13.6 Å². The molecule has 3 nitrogen and oxygen atoms in total. The number of hydrogen-bond acceptors (Lipinski definition) is 3. The third-order valence-corrected chi connectivity index (χ3v) is 8.98. The largest absolute Gasteiger partial charge is 0.312 e. The van der Waals surface area contributed by atoms with Crippen LogP contribution < -0.4 is 5.73 Å². The number of aryl methyl sites for hydroxylation is 1. The van der Waals surface area contributed by atoms with E-state index in [4.69, 9.17) is 5.73 Å². The van der Waals surface area contributed by atoms with Crippen LogP contribution in [0.2, 0.25) is 0 Å². The van der Waals surface area contributed by atoms with Gasteiger partial charge in [-0.1, -0.05) is 108 Å². The Bertz CT molecular complexity index is 753. The molecule has 2 fully saturated rings. The molecule has 3 unspecified atom stereocenters. The molecule has 1 aliphatic heterocycles. The summed E-state index contributed by atoms with van der Waals surface area (Å²) in [5.74, 6) is 0.907. The van der Waals surface area contributed by atoms with E-state index >= 15 is 0 Å². The van der Waals surface area contributed by atoms with Gasteiger partial charge < -0.3 is 5.73 Å². The first-order chi connectivity index (χ1) is 16.4. The van der Waals surface area contributed by atoms with Crippen LogP contribution in [0.3, 0.4) is 0 Å². The number of benzene rings is 1. The fourth-order valence-corrected chi connectivity index (χ4v) is 6.71. The lowest BCUT2D eigenvalue weighted by Crippen LogP contribution is -2.76. The van der Waals surface area contributed by atoms with Gasteiger partial charge in [0.2, 0.25) is 0 Å². The summed E-state index contributed by atoms with van der Waals surface area (Å²) in [6.07, 6.45) is 19.2. The van der Waals surface area contributed by atoms with Crippen molar-refractivity contribution < 1.29 is 0 Å². The number of nitrogens with two attached hydrogens (primary N) is 1. The topological polar surface area (TPSA) is 32.5 Å². The van der Waals surface area contributed by atoms with E-state index < -0.39 is 0 Å². The maximum absolute atomic E-state index is 7.32. The normalized spacial score (nSPS) is 23.2. The van der Waals surface area contributed by atoms with Gasteiger partial charge in [0.1, 0.15) is 0 Å². The zero-order valence-corrected chi connectivity index (χ0v) is 22.8. The highest BCUT2D eigenvalue weighted by Gasteiger charge is 2.51. The van der Waals surface area contributed by atoms with Gasteiger partial charge in [-0.05, 0) is 56.7 Å². The maximum atomic E-state index is 7.32. The van der Waals surface area contributed by atoms with Gasteiger partial charge in [-0.2, -0.15) is 0 Å². The number of likely N-dealkylation sites (tertiary alicyclic amines) is 1. The molecular weight excluding hydrogens is 414 g/mol. The van der Waals surface area contributed by atoms with Crippen LogP contribution in [0.15, 0.2) is 24.8 Å². The summed E-state index contributed by atoms with van der Waals surface area (Å²) in [4.78, 5) is 5.28. The Morgan fingerprint density at radius 3 is 2.47 bits per heavy atom. The van der Waals surface area contributed by atoms with Crippen molar-refractivity contribution in [3.8, 4) is 0 Å². The van der Waals surface area contributed by atoms with Crippen LogP contribution in [0.25, 0.3) is 6.08 Å². The zero-order valence-electron chi connectivity index (χ0n) is 22.8. The number of hydrogen-bond donors (Lipinski definition) is 1. The molecule has 1 aliphatic carbocycles. The Hall–Kier alpha value is -1.16. The summed E-state index contributed by atoms with van der Waals surface area (Å²) in [7, 11) is 2.32. The van der Waals surface area contributed by atoms with Crippen molar-refractivity contribution in [1.82, 2.24) is 9.80 Å². The third-order valence-electron chi connectivity index (χ3n) is 8.98. The van der Waals surface area contributed by atoms with Crippen LogP contribution in [0.5, 0.6) is 0 Å². The summed E-state index contributed by atoms with van der Waals surface area (Å²) in [5.41, 5.74) is 11.1. The molecule has 1 saturated carbocycles. The zero-order chi connectivity index (χ0) is 24.6. The summed E-state index contributed by atoms with van der Waals surface area (Å²) in [6.45, 7) is 13.1. The molecule has 0 amide bonds. The van der Waals surface area contributed by atoms with Gasteiger partial charge in [-0.15, -0.1) is 0 Å². The smallest absolute Gasteiger partial charge is 0.0861 e. The summed E-state index contributed by atoms with van der Waals surface area (Å²) >= 11 is 0. The van der Waals surface area contributed by atoms with E-state index in [1.54, 1.807) is 0 Å². The third kappa shape index (κ3) is 6.74. The Labute approximate surface area is 211 Å². The van der Waals surface area contributed by atoms with Crippen LogP contribution in [0.4, 0.5) is 0 Å².